The maximum absolute atomic E-state index is 13.1. The summed E-state index contributed by atoms with van der Waals surface area (Å²) in [5.74, 6) is 0.583. The minimum atomic E-state index is -0.487. The van der Waals surface area contributed by atoms with Crippen molar-refractivity contribution in [2.75, 3.05) is 0 Å². The van der Waals surface area contributed by atoms with E-state index in [1.54, 1.807) is 42.6 Å². The van der Waals surface area contributed by atoms with E-state index in [-0.39, 0.29) is 17.5 Å². The lowest BCUT2D eigenvalue weighted by Crippen LogP contribution is -2.30. The molecule has 2 aromatic carbocycles. The normalized spacial score (nSPS) is 12.0. The SMILES string of the molecule is Cn1ccnc1C(NC(=O)c1ccc(-c2ccc(F)cc2)o1)c1ccc(Cl)cc1. The van der Waals surface area contributed by atoms with Gasteiger partial charge >= 0.3 is 0 Å². The maximum atomic E-state index is 13.1. The van der Waals surface area contributed by atoms with E-state index < -0.39 is 6.04 Å². The molecular weight excluding hydrogens is 393 g/mol. The Balaban J connectivity index is 1.61. The molecule has 0 bridgehead atoms. The molecule has 0 aliphatic heterocycles. The fourth-order valence-electron chi connectivity index (χ4n) is 3.04. The lowest BCUT2D eigenvalue weighted by atomic mass is 10.1. The Bertz CT molecular complexity index is 1130. The highest BCUT2D eigenvalue weighted by Gasteiger charge is 2.23. The van der Waals surface area contributed by atoms with Crippen LogP contribution < -0.4 is 5.32 Å². The van der Waals surface area contributed by atoms with Crippen LogP contribution in [0.4, 0.5) is 4.39 Å². The van der Waals surface area contributed by atoms with Gasteiger partial charge < -0.3 is 14.3 Å². The fourth-order valence-corrected chi connectivity index (χ4v) is 3.16. The number of hydrogen-bond acceptors (Lipinski definition) is 3. The summed E-state index contributed by atoms with van der Waals surface area (Å²) in [5, 5.41) is 3.57. The smallest absolute Gasteiger partial charge is 0.287 e. The third-order valence-corrected chi connectivity index (χ3v) is 4.81. The summed E-state index contributed by atoms with van der Waals surface area (Å²) in [6.45, 7) is 0. The van der Waals surface area contributed by atoms with Gasteiger partial charge in [0.15, 0.2) is 5.76 Å². The topological polar surface area (TPSA) is 60.1 Å². The predicted molar refractivity (Wildman–Crippen MR) is 108 cm³/mol. The minimum Gasteiger partial charge on any atom is -0.451 e. The van der Waals surface area contributed by atoms with Gasteiger partial charge in [-0.1, -0.05) is 23.7 Å². The van der Waals surface area contributed by atoms with E-state index in [1.165, 1.54) is 12.1 Å². The summed E-state index contributed by atoms with van der Waals surface area (Å²) >= 11 is 6.00. The zero-order valence-electron chi connectivity index (χ0n) is 15.5. The molecule has 0 saturated heterocycles. The van der Waals surface area contributed by atoms with Crippen molar-refractivity contribution in [3.05, 3.63) is 101 Å². The van der Waals surface area contributed by atoms with Crippen LogP contribution in [-0.4, -0.2) is 15.5 Å². The zero-order chi connectivity index (χ0) is 20.4. The highest BCUT2D eigenvalue weighted by Crippen LogP contribution is 2.25. The molecule has 1 unspecified atom stereocenters. The average Bonchev–Trinajstić information content (AvgIpc) is 3.37. The van der Waals surface area contributed by atoms with E-state index in [0.29, 0.717) is 22.2 Å². The maximum Gasteiger partial charge on any atom is 0.287 e. The van der Waals surface area contributed by atoms with Crippen molar-refractivity contribution in [1.29, 1.82) is 0 Å². The van der Waals surface area contributed by atoms with E-state index in [9.17, 15) is 9.18 Å². The van der Waals surface area contributed by atoms with E-state index in [0.717, 1.165) is 5.56 Å². The van der Waals surface area contributed by atoms with Gasteiger partial charge in [0.1, 0.15) is 23.4 Å². The highest BCUT2D eigenvalue weighted by atomic mass is 35.5. The summed E-state index contributed by atoms with van der Waals surface area (Å²) in [7, 11) is 1.86. The minimum absolute atomic E-state index is 0.150. The number of nitrogens with one attached hydrogen (secondary N) is 1. The molecule has 0 aliphatic carbocycles. The third kappa shape index (κ3) is 4.07. The number of rotatable bonds is 5. The van der Waals surface area contributed by atoms with E-state index in [1.807, 2.05) is 29.9 Å². The molecule has 4 aromatic rings. The first-order valence-corrected chi connectivity index (χ1v) is 9.28. The lowest BCUT2D eigenvalue weighted by Gasteiger charge is -2.18. The van der Waals surface area contributed by atoms with E-state index in [2.05, 4.69) is 10.3 Å². The van der Waals surface area contributed by atoms with Crippen molar-refractivity contribution < 1.29 is 13.6 Å². The summed E-state index contributed by atoms with van der Waals surface area (Å²) < 4.78 is 20.7. The van der Waals surface area contributed by atoms with Gasteiger partial charge in [-0.2, -0.15) is 0 Å². The van der Waals surface area contributed by atoms with Crippen molar-refractivity contribution in [2.24, 2.45) is 7.05 Å². The third-order valence-electron chi connectivity index (χ3n) is 4.55. The highest BCUT2D eigenvalue weighted by molar-refractivity contribution is 6.30. The Kier molecular flexibility index (Phi) is 5.18. The number of carbonyl (C=O) groups is 1. The van der Waals surface area contributed by atoms with Crippen LogP contribution in [0, 0.1) is 5.82 Å². The number of aryl methyl sites for hydroxylation is 1. The molecule has 4 rings (SSSR count). The number of nitrogens with zero attached hydrogens (tertiary/aromatic N) is 2. The summed E-state index contributed by atoms with van der Waals surface area (Å²) in [6, 6.07) is 15.9. The molecule has 1 N–H and O–H groups in total. The quantitative estimate of drug-likeness (QED) is 0.505. The van der Waals surface area contributed by atoms with Crippen molar-refractivity contribution in [3.63, 3.8) is 0 Å². The zero-order valence-corrected chi connectivity index (χ0v) is 16.2. The van der Waals surface area contributed by atoms with Crippen LogP contribution in [0.15, 0.2) is 77.5 Å². The Morgan fingerprint density at radius 1 is 1.10 bits per heavy atom. The predicted octanol–water partition coefficient (Wildman–Crippen LogP) is 4.99. The van der Waals surface area contributed by atoms with Gasteiger partial charge in [-0.25, -0.2) is 9.37 Å². The van der Waals surface area contributed by atoms with Gasteiger partial charge in [0.05, 0.1) is 0 Å². The Labute approximate surface area is 171 Å². The average molecular weight is 410 g/mol. The molecule has 5 nitrogen and oxygen atoms in total. The molecule has 0 saturated carbocycles. The second kappa shape index (κ2) is 7.93. The molecule has 0 aliphatic rings. The Morgan fingerprint density at radius 2 is 1.83 bits per heavy atom. The molecule has 0 spiro atoms. The van der Waals surface area contributed by atoms with Crippen LogP contribution in [0.5, 0.6) is 0 Å². The second-order valence-corrected chi connectivity index (χ2v) is 6.96. The van der Waals surface area contributed by atoms with E-state index >= 15 is 0 Å². The van der Waals surface area contributed by atoms with Crippen LogP contribution in [0.1, 0.15) is 28.0 Å². The number of halogens is 2. The summed E-state index contributed by atoms with van der Waals surface area (Å²) in [5.41, 5.74) is 1.52. The first-order chi connectivity index (χ1) is 14.0. The molecule has 29 heavy (non-hydrogen) atoms. The largest absolute Gasteiger partial charge is 0.451 e. The Hall–Kier alpha value is -3.38. The molecule has 0 fully saturated rings. The number of benzene rings is 2. The van der Waals surface area contributed by atoms with Crippen LogP contribution in [0.2, 0.25) is 5.02 Å². The summed E-state index contributed by atoms with van der Waals surface area (Å²) in [6.07, 6.45) is 3.48. The first-order valence-electron chi connectivity index (χ1n) is 8.90. The molecule has 2 aromatic heterocycles. The molecule has 146 valence electrons. The van der Waals surface area contributed by atoms with Crippen molar-refractivity contribution in [2.45, 2.75) is 6.04 Å². The van der Waals surface area contributed by atoms with Crippen LogP contribution in [0.25, 0.3) is 11.3 Å². The monoisotopic (exact) mass is 409 g/mol. The number of amides is 1. The number of aromatic nitrogens is 2. The van der Waals surface area contributed by atoms with E-state index in [4.69, 9.17) is 16.0 Å². The van der Waals surface area contributed by atoms with Gasteiger partial charge in [0, 0.05) is 30.0 Å². The van der Waals surface area contributed by atoms with Gasteiger partial charge in [-0.05, 0) is 54.1 Å². The molecule has 7 heteroatoms. The van der Waals surface area contributed by atoms with Crippen LogP contribution in [0.3, 0.4) is 0 Å². The van der Waals surface area contributed by atoms with Crippen molar-refractivity contribution >= 4 is 17.5 Å². The van der Waals surface area contributed by atoms with Gasteiger partial charge in [0.2, 0.25) is 0 Å². The van der Waals surface area contributed by atoms with Crippen LogP contribution in [-0.2, 0) is 7.05 Å². The number of hydrogen-bond donors (Lipinski definition) is 1. The summed E-state index contributed by atoms with van der Waals surface area (Å²) in [4.78, 5) is 17.2. The van der Waals surface area contributed by atoms with Gasteiger partial charge in [-0.15, -0.1) is 0 Å². The van der Waals surface area contributed by atoms with Crippen LogP contribution >= 0.6 is 11.6 Å². The van der Waals surface area contributed by atoms with Gasteiger partial charge in [0.25, 0.3) is 5.91 Å². The fraction of sp³-hybridized carbons (Fsp3) is 0.0909. The number of carbonyl (C=O) groups excluding carboxylic acids is 1. The Morgan fingerprint density at radius 3 is 2.48 bits per heavy atom. The molecule has 1 atom stereocenters. The van der Waals surface area contributed by atoms with Crippen molar-refractivity contribution in [3.8, 4) is 11.3 Å². The lowest BCUT2D eigenvalue weighted by molar-refractivity contribution is 0.0914. The molecular formula is C22H17ClFN3O2. The standard InChI is InChI=1S/C22H17ClFN3O2/c1-27-13-12-25-21(27)20(15-2-6-16(23)7-3-15)26-22(28)19-11-10-18(29-19)14-4-8-17(24)9-5-14/h2-13,20H,1H3,(H,26,28). The van der Waals surface area contributed by atoms with Gasteiger partial charge in [-0.3, -0.25) is 4.79 Å². The first kappa shape index (κ1) is 19.0. The number of furan rings is 1. The molecule has 0 radical (unpaired) electrons. The second-order valence-electron chi connectivity index (χ2n) is 6.53. The number of imidazole rings is 1. The molecule has 2 heterocycles. The van der Waals surface area contributed by atoms with Crippen molar-refractivity contribution in [1.82, 2.24) is 14.9 Å². The molecule has 1 amide bonds.